The van der Waals surface area contributed by atoms with Gasteiger partial charge in [-0.2, -0.15) is 0 Å². The number of amides is 1. The zero-order valence-corrected chi connectivity index (χ0v) is 19.8. The molecule has 0 fully saturated rings. The zero-order valence-electron chi connectivity index (χ0n) is 19.8. The predicted octanol–water partition coefficient (Wildman–Crippen LogP) is 6.06. The molecule has 1 aliphatic rings. The minimum Gasteiger partial charge on any atom is -0.490 e. The van der Waals surface area contributed by atoms with Crippen molar-refractivity contribution in [1.29, 1.82) is 0 Å². The van der Waals surface area contributed by atoms with Crippen LogP contribution in [0.4, 0.5) is 5.69 Å². The molecule has 3 aromatic rings. The van der Waals surface area contributed by atoms with Crippen molar-refractivity contribution in [3.8, 4) is 16.9 Å². The van der Waals surface area contributed by atoms with Crippen molar-refractivity contribution in [2.75, 3.05) is 37.7 Å². The summed E-state index contributed by atoms with van der Waals surface area (Å²) in [5, 5.41) is 0. The summed E-state index contributed by atoms with van der Waals surface area (Å²) in [7, 11) is 0. The van der Waals surface area contributed by atoms with Gasteiger partial charge in [0.1, 0.15) is 12.4 Å². The lowest BCUT2D eigenvalue weighted by atomic mass is 10.0. The van der Waals surface area contributed by atoms with Crippen LogP contribution >= 0.6 is 0 Å². The number of benzene rings is 3. The first kappa shape index (κ1) is 23.1. The third kappa shape index (κ3) is 5.63. The van der Waals surface area contributed by atoms with Gasteiger partial charge >= 0.3 is 0 Å². The van der Waals surface area contributed by atoms with E-state index in [1.807, 2.05) is 53.4 Å². The van der Waals surface area contributed by atoms with Gasteiger partial charge < -0.3 is 14.5 Å². The van der Waals surface area contributed by atoms with E-state index < -0.39 is 0 Å². The second kappa shape index (κ2) is 11.2. The van der Waals surface area contributed by atoms with Crippen LogP contribution in [0.5, 0.6) is 5.75 Å². The Kier molecular flexibility index (Phi) is 7.79. The minimum atomic E-state index is 0.0231. The van der Waals surface area contributed by atoms with E-state index in [0.29, 0.717) is 18.7 Å². The summed E-state index contributed by atoms with van der Waals surface area (Å²) in [6.45, 7) is 8.84. The van der Waals surface area contributed by atoms with Gasteiger partial charge in [0.25, 0.3) is 5.91 Å². The Morgan fingerprint density at radius 2 is 1.58 bits per heavy atom. The van der Waals surface area contributed by atoms with Gasteiger partial charge in [0.05, 0.1) is 12.2 Å². The number of rotatable bonds is 9. The first-order chi connectivity index (χ1) is 16.2. The molecule has 0 saturated carbocycles. The smallest absolute Gasteiger partial charge is 0.258 e. The van der Waals surface area contributed by atoms with Gasteiger partial charge in [-0.25, -0.2) is 0 Å². The van der Waals surface area contributed by atoms with E-state index in [-0.39, 0.29) is 5.91 Å². The van der Waals surface area contributed by atoms with Crippen LogP contribution in [0.3, 0.4) is 0 Å². The largest absolute Gasteiger partial charge is 0.490 e. The molecule has 0 N–H and O–H groups in total. The highest BCUT2D eigenvalue weighted by atomic mass is 16.5. The third-order valence-electron chi connectivity index (χ3n) is 6.17. The number of carbonyl (C=O) groups excluding carboxylic acids is 1. The first-order valence-electron chi connectivity index (χ1n) is 12.1. The van der Waals surface area contributed by atoms with Gasteiger partial charge in [0.15, 0.2) is 0 Å². The summed E-state index contributed by atoms with van der Waals surface area (Å²) in [6.07, 6.45) is 3.31. The lowest BCUT2D eigenvalue weighted by Gasteiger charge is -2.30. The van der Waals surface area contributed by atoms with Gasteiger partial charge in [-0.3, -0.25) is 4.79 Å². The molecule has 0 aromatic heterocycles. The van der Waals surface area contributed by atoms with E-state index in [4.69, 9.17) is 4.74 Å². The fourth-order valence-electron chi connectivity index (χ4n) is 4.48. The number of nitrogens with zero attached hydrogens (tertiary/aromatic N) is 2. The topological polar surface area (TPSA) is 32.8 Å². The molecule has 0 spiro atoms. The predicted molar refractivity (Wildman–Crippen MR) is 136 cm³/mol. The number of fused-ring (bicyclic) bond motifs is 1. The molecule has 4 rings (SSSR count). The molecule has 1 heterocycles. The van der Waals surface area contributed by atoms with Gasteiger partial charge in [-0.15, -0.1) is 0 Å². The molecule has 0 radical (unpaired) electrons. The van der Waals surface area contributed by atoms with Gasteiger partial charge in [0.2, 0.25) is 0 Å². The Bertz CT molecular complexity index is 1040. The van der Waals surface area contributed by atoms with Crippen LogP contribution in [0.25, 0.3) is 11.1 Å². The first-order valence-corrected chi connectivity index (χ1v) is 12.1. The molecule has 33 heavy (non-hydrogen) atoms. The number of carbonyl (C=O) groups is 1. The van der Waals surface area contributed by atoms with Crippen molar-refractivity contribution in [2.24, 2.45) is 0 Å². The Balaban J connectivity index is 1.50. The van der Waals surface area contributed by atoms with Gasteiger partial charge in [0, 0.05) is 12.1 Å². The van der Waals surface area contributed by atoms with Crippen molar-refractivity contribution in [3.05, 3.63) is 83.9 Å². The molecule has 0 saturated heterocycles. The molecule has 0 atom stereocenters. The van der Waals surface area contributed by atoms with Crippen LogP contribution in [0.2, 0.25) is 0 Å². The Hall–Kier alpha value is -3.11. The van der Waals surface area contributed by atoms with Crippen LogP contribution in [-0.2, 0) is 6.42 Å². The molecular formula is C29H34N2O2. The number of hydrogen-bond donors (Lipinski definition) is 0. The molecule has 0 bridgehead atoms. The molecule has 4 heteroatoms. The van der Waals surface area contributed by atoms with E-state index >= 15 is 0 Å². The summed E-state index contributed by atoms with van der Waals surface area (Å²) in [5.41, 5.74) is 5.09. The fourth-order valence-corrected chi connectivity index (χ4v) is 4.48. The average molecular weight is 443 g/mol. The molecule has 0 unspecified atom stereocenters. The molecular weight excluding hydrogens is 408 g/mol. The van der Waals surface area contributed by atoms with E-state index in [1.54, 1.807) is 0 Å². The van der Waals surface area contributed by atoms with Crippen LogP contribution in [-0.4, -0.2) is 43.6 Å². The highest BCUT2D eigenvalue weighted by Gasteiger charge is 2.25. The molecule has 172 valence electrons. The lowest BCUT2D eigenvalue weighted by molar-refractivity contribution is 0.0976. The fraction of sp³-hybridized carbons (Fsp3) is 0.345. The lowest BCUT2D eigenvalue weighted by Crippen LogP contribution is -2.38. The quantitative estimate of drug-likeness (QED) is 0.404. The number of anilines is 1. The zero-order chi connectivity index (χ0) is 23.0. The van der Waals surface area contributed by atoms with Crippen LogP contribution < -0.4 is 9.64 Å². The number of hydrogen-bond acceptors (Lipinski definition) is 3. The highest BCUT2D eigenvalue weighted by molar-refractivity contribution is 6.07. The van der Waals surface area contributed by atoms with E-state index in [0.717, 1.165) is 48.6 Å². The van der Waals surface area contributed by atoms with Crippen molar-refractivity contribution in [2.45, 2.75) is 33.1 Å². The average Bonchev–Trinajstić information content (AvgIpc) is 2.87. The monoisotopic (exact) mass is 442 g/mol. The third-order valence-corrected chi connectivity index (χ3v) is 6.17. The standard InChI is InChI=1S/C29H34N2O2/c1-3-17-30(18-4-2)19-16-23-10-15-28-27(22-23)31(20-21-33-28)29(32)26-13-11-25(12-14-26)24-8-6-5-7-9-24/h5-15,22H,3-4,16-21H2,1-2H3. The maximum Gasteiger partial charge on any atom is 0.258 e. The van der Waals surface area contributed by atoms with Crippen LogP contribution in [0.15, 0.2) is 72.8 Å². The second-order valence-corrected chi connectivity index (χ2v) is 8.64. The van der Waals surface area contributed by atoms with Crippen molar-refractivity contribution in [1.82, 2.24) is 4.90 Å². The summed E-state index contributed by atoms with van der Waals surface area (Å²) < 4.78 is 5.87. The van der Waals surface area contributed by atoms with Crippen LogP contribution in [0, 0.1) is 0 Å². The molecule has 0 aliphatic carbocycles. The summed E-state index contributed by atoms with van der Waals surface area (Å²) in [5.74, 6) is 0.813. The maximum absolute atomic E-state index is 13.4. The Morgan fingerprint density at radius 1 is 0.879 bits per heavy atom. The summed E-state index contributed by atoms with van der Waals surface area (Å²) >= 11 is 0. The highest BCUT2D eigenvalue weighted by Crippen LogP contribution is 2.34. The molecule has 1 amide bonds. The maximum atomic E-state index is 13.4. The molecule has 1 aliphatic heterocycles. The van der Waals surface area contributed by atoms with E-state index in [9.17, 15) is 4.79 Å². The van der Waals surface area contributed by atoms with Gasteiger partial charge in [-0.05, 0) is 73.3 Å². The SMILES string of the molecule is CCCN(CCC)CCc1ccc2c(c1)N(C(=O)c1ccc(-c3ccccc3)cc1)CCO2. The minimum absolute atomic E-state index is 0.0231. The second-order valence-electron chi connectivity index (χ2n) is 8.64. The van der Waals surface area contributed by atoms with Gasteiger partial charge in [-0.1, -0.05) is 62.4 Å². The molecule has 4 nitrogen and oxygen atoms in total. The molecule has 3 aromatic carbocycles. The summed E-state index contributed by atoms with van der Waals surface area (Å²) in [4.78, 5) is 17.8. The van der Waals surface area contributed by atoms with E-state index in [2.05, 4.69) is 43.0 Å². The summed E-state index contributed by atoms with van der Waals surface area (Å²) in [6, 6.07) is 24.4. The van der Waals surface area contributed by atoms with Crippen molar-refractivity contribution in [3.63, 3.8) is 0 Å². The van der Waals surface area contributed by atoms with Crippen molar-refractivity contribution < 1.29 is 9.53 Å². The van der Waals surface area contributed by atoms with E-state index in [1.165, 1.54) is 18.4 Å². The Labute approximate surface area is 197 Å². The normalized spacial score (nSPS) is 13.0. The van der Waals surface area contributed by atoms with Crippen LogP contribution in [0.1, 0.15) is 42.6 Å². The Morgan fingerprint density at radius 3 is 2.27 bits per heavy atom. The number of ether oxygens (including phenoxy) is 1. The van der Waals surface area contributed by atoms with Crippen molar-refractivity contribution >= 4 is 11.6 Å².